The second kappa shape index (κ2) is 9.35. The van der Waals surface area contributed by atoms with Gasteiger partial charge >= 0.3 is 5.97 Å². The Morgan fingerprint density at radius 1 is 1.03 bits per heavy atom. The summed E-state index contributed by atoms with van der Waals surface area (Å²) in [4.78, 5) is 27.9. The molecule has 4 rings (SSSR count). The molecule has 34 heavy (non-hydrogen) atoms. The van der Waals surface area contributed by atoms with Gasteiger partial charge in [-0.2, -0.15) is 0 Å². The van der Waals surface area contributed by atoms with E-state index in [1.54, 1.807) is 17.9 Å². The van der Waals surface area contributed by atoms with Gasteiger partial charge in [-0.05, 0) is 69.2 Å². The second-order valence-electron chi connectivity index (χ2n) is 8.53. The second-order valence-corrected chi connectivity index (χ2v) is 8.97. The molecule has 2 aromatic carbocycles. The monoisotopic (exact) mass is 474 g/mol. The van der Waals surface area contributed by atoms with Crippen LogP contribution in [-0.4, -0.2) is 28.5 Å². The predicted octanol–water partition coefficient (Wildman–Crippen LogP) is 5.93. The number of halogens is 1. The maximum Gasteiger partial charge on any atom is 0.340 e. The number of hydrogen-bond donors (Lipinski definition) is 0. The zero-order valence-electron chi connectivity index (χ0n) is 20.0. The van der Waals surface area contributed by atoms with Crippen molar-refractivity contribution >= 4 is 29.6 Å². The lowest BCUT2D eigenvalue weighted by molar-refractivity contribution is -0.136. The van der Waals surface area contributed by atoms with Crippen LogP contribution in [0.2, 0.25) is 5.02 Å². The molecule has 1 aliphatic rings. The van der Waals surface area contributed by atoms with Crippen LogP contribution in [0.5, 0.6) is 0 Å². The summed E-state index contributed by atoms with van der Waals surface area (Å²) in [6.07, 6.45) is 1.79. The van der Waals surface area contributed by atoms with Crippen LogP contribution in [0.4, 0.5) is 0 Å². The van der Waals surface area contributed by atoms with Crippen LogP contribution in [0.1, 0.15) is 35.0 Å². The first-order chi connectivity index (χ1) is 16.2. The molecule has 0 radical (unpaired) electrons. The minimum absolute atomic E-state index is 0.217. The summed E-state index contributed by atoms with van der Waals surface area (Å²) < 4.78 is 7.12. The number of hydrogen-bond acceptors (Lipinski definition) is 3. The lowest BCUT2D eigenvalue weighted by Crippen LogP contribution is -2.24. The molecule has 1 amide bonds. The largest absolute Gasteiger partial charge is 0.465 e. The predicted molar refractivity (Wildman–Crippen MR) is 135 cm³/mol. The Morgan fingerprint density at radius 2 is 1.74 bits per heavy atom. The van der Waals surface area contributed by atoms with E-state index in [2.05, 4.69) is 4.57 Å². The van der Waals surface area contributed by atoms with Gasteiger partial charge in [0, 0.05) is 27.8 Å². The van der Waals surface area contributed by atoms with Crippen molar-refractivity contribution in [2.45, 2.75) is 34.2 Å². The molecule has 3 aromatic rings. The van der Waals surface area contributed by atoms with Gasteiger partial charge < -0.3 is 14.2 Å². The molecule has 0 atom stereocenters. The van der Waals surface area contributed by atoms with Crippen molar-refractivity contribution in [2.75, 3.05) is 7.11 Å². The van der Waals surface area contributed by atoms with Gasteiger partial charge in [0.1, 0.15) is 0 Å². The van der Waals surface area contributed by atoms with Crippen molar-refractivity contribution in [3.05, 3.63) is 105 Å². The molecule has 0 spiro atoms. The first-order valence-electron chi connectivity index (χ1n) is 11.0. The van der Waals surface area contributed by atoms with Crippen LogP contribution < -0.4 is 0 Å². The number of methoxy groups -OCH3 is 1. The molecule has 0 unspecified atom stereocenters. The highest BCUT2D eigenvalue weighted by molar-refractivity contribution is 6.30. The van der Waals surface area contributed by atoms with Crippen LogP contribution in [0.15, 0.2) is 71.4 Å². The van der Waals surface area contributed by atoms with E-state index in [9.17, 15) is 9.59 Å². The molecule has 0 saturated carbocycles. The molecule has 2 heterocycles. The van der Waals surface area contributed by atoms with Crippen LogP contribution in [0, 0.1) is 20.8 Å². The Balaban J connectivity index is 1.78. The normalized spacial score (nSPS) is 14.9. The molecule has 0 aliphatic carbocycles. The minimum Gasteiger partial charge on any atom is -0.465 e. The van der Waals surface area contributed by atoms with Gasteiger partial charge in [-0.15, -0.1) is 0 Å². The Bertz CT molecular complexity index is 1350. The summed E-state index contributed by atoms with van der Waals surface area (Å²) in [6.45, 7) is 8.17. The maximum atomic E-state index is 13.5. The maximum absolute atomic E-state index is 13.5. The number of benzene rings is 2. The van der Waals surface area contributed by atoms with Crippen LogP contribution in [0.3, 0.4) is 0 Å². The molecule has 174 valence electrons. The van der Waals surface area contributed by atoms with Crippen molar-refractivity contribution in [2.24, 2.45) is 0 Å². The van der Waals surface area contributed by atoms with Gasteiger partial charge in [0.2, 0.25) is 0 Å². The highest BCUT2D eigenvalue weighted by Crippen LogP contribution is 2.34. The van der Waals surface area contributed by atoms with Gasteiger partial charge in [-0.3, -0.25) is 4.79 Å². The first kappa shape index (κ1) is 23.6. The molecule has 6 heteroatoms. The number of amides is 1. The Labute approximate surface area is 204 Å². The average molecular weight is 475 g/mol. The van der Waals surface area contributed by atoms with E-state index in [-0.39, 0.29) is 5.91 Å². The molecule has 0 bridgehead atoms. The molecule has 0 N–H and O–H groups in total. The number of allylic oxidation sites excluding steroid dienone is 1. The fraction of sp³-hybridized carbons (Fsp3) is 0.214. The SMILES string of the molecule is COC(=O)C1=C(C)N(Cc2ccc(C)cc2)C(=O)/C1=C\c1cc(C)n(-c2cccc(Cl)c2)c1C. The van der Waals surface area contributed by atoms with E-state index >= 15 is 0 Å². The van der Waals surface area contributed by atoms with Crippen molar-refractivity contribution in [3.63, 3.8) is 0 Å². The molecular weight excluding hydrogens is 448 g/mol. The van der Waals surface area contributed by atoms with Crippen LogP contribution >= 0.6 is 11.6 Å². The zero-order chi connectivity index (χ0) is 24.6. The van der Waals surface area contributed by atoms with Gasteiger partial charge in [0.15, 0.2) is 0 Å². The minimum atomic E-state index is -0.521. The van der Waals surface area contributed by atoms with Crippen molar-refractivity contribution in [3.8, 4) is 5.69 Å². The molecular formula is C28H27ClN2O3. The van der Waals surface area contributed by atoms with E-state index in [1.165, 1.54) is 7.11 Å². The standard InChI is InChI=1S/C28H27ClN2O3/c1-17-9-11-21(12-10-17)16-30-20(4)26(28(33)34-5)25(27(30)32)14-22-13-18(2)31(19(22)3)24-8-6-7-23(29)15-24/h6-15H,16H2,1-5H3/b25-14-. The number of carbonyl (C=O) groups excluding carboxylic acids is 2. The number of esters is 1. The van der Waals surface area contributed by atoms with Gasteiger partial charge in [0.05, 0.1) is 24.8 Å². The fourth-order valence-corrected chi connectivity index (χ4v) is 4.58. The summed E-state index contributed by atoms with van der Waals surface area (Å²) in [5, 5.41) is 0.647. The van der Waals surface area contributed by atoms with E-state index < -0.39 is 5.97 Å². The Hall–Kier alpha value is -3.57. The number of carbonyl (C=O) groups is 2. The quantitative estimate of drug-likeness (QED) is 0.340. The molecule has 5 nitrogen and oxygen atoms in total. The van der Waals surface area contributed by atoms with Gasteiger partial charge in [-0.1, -0.05) is 47.5 Å². The van der Waals surface area contributed by atoms with E-state index in [0.29, 0.717) is 28.4 Å². The van der Waals surface area contributed by atoms with Crippen molar-refractivity contribution in [1.29, 1.82) is 0 Å². The Kier molecular flexibility index (Phi) is 6.49. The smallest absolute Gasteiger partial charge is 0.340 e. The highest BCUT2D eigenvalue weighted by Gasteiger charge is 2.37. The Morgan fingerprint density at radius 3 is 2.38 bits per heavy atom. The third-order valence-corrected chi connectivity index (χ3v) is 6.43. The molecule has 0 saturated heterocycles. The first-order valence-corrected chi connectivity index (χ1v) is 11.4. The lowest BCUT2D eigenvalue weighted by Gasteiger charge is -2.18. The van der Waals surface area contributed by atoms with Gasteiger partial charge in [-0.25, -0.2) is 4.79 Å². The van der Waals surface area contributed by atoms with Crippen LogP contribution in [-0.2, 0) is 20.9 Å². The third-order valence-electron chi connectivity index (χ3n) is 6.20. The van der Waals surface area contributed by atoms with Crippen molar-refractivity contribution in [1.82, 2.24) is 9.47 Å². The summed E-state index contributed by atoms with van der Waals surface area (Å²) in [5.41, 5.74) is 7.09. The number of rotatable bonds is 5. The summed E-state index contributed by atoms with van der Waals surface area (Å²) >= 11 is 6.21. The molecule has 1 aromatic heterocycles. The van der Waals surface area contributed by atoms with E-state index in [0.717, 1.165) is 33.8 Å². The average Bonchev–Trinajstić information content (AvgIpc) is 3.21. The lowest BCUT2D eigenvalue weighted by atomic mass is 10.0. The number of aromatic nitrogens is 1. The van der Waals surface area contributed by atoms with Crippen molar-refractivity contribution < 1.29 is 14.3 Å². The fourth-order valence-electron chi connectivity index (χ4n) is 4.40. The summed E-state index contributed by atoms with van der Waals surface area (Å²) in [6, 6.07) is 17.6. The number of nitrogens with zero attached hydrogens (tertiary/aromatic N) is 2. The molecule has 1 aliphatic heterocycles. The highest BCUT2D eigenvalue weighted by atomic mass is 35.5. The topological polar surface area (TPSA) is 51.5 Å². The number of ether oxygens (including phenoxy) is 1. The van der Waals surface area contributed by atoms with Crippen LogP contribution in [0.25, 0.3) is 11.8 Å². The van der Waals surface area contributed by atoms with E-state index in [1.807, 2.05) is 75.4 Å². The zero-order valence-corrected chi connectivity index (χ0v) is 20.7. The molecule has 0 fully saturated rings. The number of aryl methyl sites for hydroxylation is 2. The third kappa shape index (κ3) is 4.31. The summed E-state index contributed by atoms with van der Waals surface area (Å²) in [7, 11) is 1.33. The summed E-state index contributed by atoms with van der Waals surface area (Å²) in [5.74, 6) is -0.738. The van der Waals surface area contributed by atoms with E-state index in [4.69, 9.17) is 16.3 Å². The van der Waals surface area contributed by atoms with Gasteiger partial charge in [0.25, 0.3) is 5.91 Å².